The molecule has 1 aromatic carbocycles. The Kier molecular flexibility index (Phi) is 6.69. The second-order valence-corrected chi connectivity index (χ2v) is 5.71. The van der Waals surface area contributed by atoms with Crippen LogP contribution in [0.1, 0.15) is 47.2 Å². The van der Waals surface area contributed by atoms with Gasteiger partial charge in [-0.15, -0.1) is 0 Å². The molecule has 0 saturated carbocycles. The Morgan fingerprint density at radius 3 is 2.12 bits per heavy atom. The molecule has 2 amide bonds. The van der Waals surface area contributed by atoms with Gasteiger partial charge in [0.2, 0.25) is 0 Å². The number of rotatable bonds is 7. The van der Waals surface area contributed by atoms with Crippen LogP contribution in [0.25, 0.3) is 0 Å². The van der Waals surface area contributed by atoms with Crippen molar-refractivity contribution >= 4 is 11.8 Å². The Morgan fingerprint density at radius 1 is 0.880 bits per heavy atom. The van der Waals surface area contributed by atoms with Crippen LogP contribution in [0.4, 0.5) is 0 Å². The summed E-state index contributed by atoms with van der Waals surface area (Å²) in [5, 5.41) is 0. The van der Waals surface area contributed by atoms with Crippen molar-refractivity contribution in [1.29, 1.82) is 0 Å². The first-order chi connectivity index (χ1) is 12.1. The average molecular weight is 339 g/mol. The van der Waals surface area contributed by atoms with E-state index in [4.69, 9.17) is 0 Å². The van der Waals surface area contributed by atoms with Crippen LogP contribution in [0.15, 0.2) is 48.7 Å². The molecule has 0 fully saturated rings. The normalized spacial score (nSPS) is 10.4. The summed E-state index contributed by atoms with van der Waals surface area (Å²) in [6, 6.07) is 13.1. The summed E-state index contributed by atoms with van der Waals surface area (Å²) >= 11 is 0. The fraction of sp³-hybridized carbons (Fsp3) is 0.350. The molecule has 5 heteroatoms. The molecule has 0 spiro atoms. The van der Waals surface area contributed by atoms with Crippen molar-refractivity contribution in [2.75, 3.05) is 19.6 Å². The molecule has 1 aromatic heterocycles. The molecule has 132 valence electrons. The highest BCUT2D eigenvalue weighted by molar-refractivity contribution is 5.98. The van der Waals surface area contributed by atoms with Crippen LogP contribution in [0.5, 0.6) is 0 Å². The number of carbonyl (C=O) groups is 2. The molecular formula is C20H25N3O2. The van der Waals surface area contributed by atoms with Gasteiger partial charge in [0.15, 0.2) is 0 Å². The highest BCUT2D eigenvalue weighted by Gasteiger charge is 2.19. The van der Waals surface area contributed by atoms with Gasteiger partial charge in [-0.2, -0.15) is 0 Å². The van der Waals surface area contributed by atoms with Crippen LogP contribution in [-0.4, -0.2) is 46.2 Å². The fourth-order valence-electron chi connectivity index (χ4n) is 2.67. The van der Waals surface area contributed by atoms with Crippen LogP contribution in [0.2, 0.25) is 0 Å². The van der Waals surface area contributed by atoms with Gasteiger partial charge in [-0.25, -0.2) is 0 Å². The zero-order valence-corrected chi connectivity index (χ0v) is 15.1. The molecule has 0 unspecified atom stereocenters. The lowest BCUT2D eigenvalue weighted by Gasteiger charge is -2.22. The van der Waals surface area contributed by atoms with Gasteiger partial charge in [-0.05, 0) is 38.5 Å². The molecule has 1 heterocycles. The van der Waals surface area contributed by atoms with Crippen LogP contribution in [0, 0.1) is 0 Å². The first kappa shape index (κ1) is 18.6. The topological polar surface area (TPSA) is 53.5 Å². The average Bonchev–Trinajstić information content (AvgIpc) is 2.67. The minimum absolute atomic E-state index is 0.0950. The standard InChI is InChI=1S/C20H25N3O2/c1-4-22(5-2)20(25)18-14-17(12-13-21-18)19(24)23(6-3)15-16-10-8-7-9-11-16/h7-14H,4-6,15H2,1-3H3. The third-order valence-corrected chi connectivity index (χ3v) is 4.16. The number of hydrogen-bond donors (Lipinski definition) is 0. The Morgan fingerprint density at radius 2 is 1.52 bits per heavy atom. The molecule has 25 heavy (non-hydrogen) atoms. The van der Waals surface area contributed by atoms with Crippen LogP contribution < -0.4 is 0 Å². The van der Waals surface area contributed by atoms with Crippen LogP contribution in [0.3, 0.4) is 0 Å². The molecule has 0 saturated heterocycles. The van der Waals surface area contributed by atoms with E-state index < -0.39 is 0 Å². The smallest absolute Gasteiger partial charge is 0.272 e. The fourth-order valence-corrected chi connectivity index (χ4v) is 2.67. The SMILES string of the molecule is CCN(Cc1ccccc1)C(=O)c1ccnc(C(=O)N(CC)CC)c1. The van der Waals surface area contributed by atoms with Gasteiger partial charge >= 0.3 is 0 Å². The first-order valence-electron chi connectivity index (χ1n) is 8.69. The zero-order chi connectivity index (χ0) is 18.2. The molecule has 0 aliphatic carbocycles. The Hall–Kier alpha value is -2.69. The van der Waals surface area contributed by atoms with Gasteiger partial charge in [0.25, 0.3) is 11.8 Å². The summed E-state index contributed by atoms with van der Waals surface area (Å²) in [6.45, 7) is 8.16. The molecule has 5 nitrogen and oxygen atoms in total. The van der Waals surface area contributed by atoms with E-state index in [1.165, 1.54) is 6.20 Å². The number of nitrogens with zero attached hydrogens (tertiary/aromatic N) is 3. The minimum atomic E-state index is -0.147. The highest BCUT2D eigenvalue weighted by atomic mass is 16.2. The van der Waals surface area contributed by atoms with Gasteiger partial charge in [0.05, 0.1) is 0 Å². The quantitative estimate of drug-likeness (QED) is 0.778. The van der Waals surface area contributed by atoms with Gasteiger partial charge in [-0.3, -0.25) is 14.6 Å². The maximum Gasteiger partial charge on any atom is 0.272 e. The lowest BCUT2D eigenvalue weighted by atomic mass is 10.1. The summed E-state index contributed by atoms with van der Waals surface area (Å²) in [7, 11) is 0. The van der Waals surface area contributed by atoms with E-state index in [0.717, 1.165) is 5.56 Å². The Bertz CT molecular complexity index is 712. The summed E-state index contributed by atoms with van der Waals surface area (Å²) in [5.74, 6) is -0.242. The zero-order valence-electron chi connectivity index (χ0n) is 15.1. The second-order valence-electron chi connectivity index (χ2n) is 5.71. The monoisotopic (exact) mass is 339 g/mol. The van der Waals surface area contributed by atoms with E-state index in [2.05, 4.69) is 4.98 Å². The number of aromatic nitrogens is 1. The van der Waals surface area contributed by atoms with Crippen LogP contribution in [-0.2, 0) is 6.54 Å². The maximum absolute atomic E-state index is 12.8. The third kappa shape index (κ3) is 4.66. The van der Waals surface area contributed by atoms with Crippen LogP contribution >= 0.6 is 0 Å². The van der Waals surface area contributed by atoms with Crippen molar-refractivity contribution in [2.24, 2.45) is 0 Å². The molecule has 0 radical (unpaired) electrons. The van der Waals surface area contributed by atoms with E-state index in [0.29, 0.717) is 37.4 Å². The molecule has 2 aromatic rings. The number of carbonyl (C=O) groups excluding carboxylic acids is 2. The van der Waals surface area contributed by atoms with Gasteiger partial charge in [0, 0.05) is 37.9 Å². The molecule has 0 bridgehead atoms. The number of pyridine rings is 1. The van der Waals surface area contributed by atoms with E-state index in [1.54, 1.807) is 21.9 Å². The molecular weight excluding hydrogens is 314 g/mol. The maximum atomic E-state index is 12.8. The summed E-state index contributed by atoms with van der Waals surface area (Å²) in [6.07, 6.45) is 1.53. The highest BCUT2D eigenvalue weighted by Crippen LogP contribution is 2.12. The van der Waals surface area contributed by atoms with Crippen molar-refractivity contribution in [2.45, 2.75) is 27.3 Å². The van der Waals surface area contributed by atoms with Crippen molar-refractivity contribution in [3.63, 3.8) is 0 Å². The lowest BCUT2D eigenvalue weighted by molar-refractivity contribution is 0.0752. The molecule has 0 aliphatic rings. The summed E-state index contributed by atoms with van der Waals surface area (Å²) in [5.41, 5.74) is 1.87. The number of amides is 2. The summed E-state index contributed by atoms with van der Waals surface area (Å²) in [4.78, 5) is 32.9. The van der Waals surface area contributed by atoms with Crippen molar-refractivity contribution in [3.05, 3.63) is 65.5 Å². The molecule has 2 rings (SSSR count). The molecule has 0 atom stereocenters. The Labute approximate surface area is 149 Å². The molecule has 0 aliphatic heterocycles. The van der Waals surface area contributed by atoms with E-state index >= 15 is 0 Å². The van der Waals surface area contributed by atoms with Gasteiger partial charge in [-0.1, -0.05) is 30.3 Å². The van der Waals surface area contributed by atoms with Gasteiger partial charge in [0.1, 0.15) is 5.69 Å². The predicted octanol–water partition coefficient (Wildman–Crippen LogP) is 3.23. The minimum Gasteiger partial charge on any atom is -0.338 e. The second kappa shape index (κ2) is 8.97. The predicted molar refractivity (Wildman–Crippen MR) is 98.3 cm³/mol. The largest absolute Gasteiger partial charge is 0.338 e. The van der Waals surface area contributed by atoms with Gasteiger partial charge < -0.3 is 9.80 Å². The van der Waals surface area contributed by atoms with E-state index in [1.807, 2.05) is 51.1 Å². The number of benzene rings is 1. The van der Waals surface area contributed by atoms with Crippen molar-refractivity contribution in [1.82, 2.24) is 14.8 Å². The third-order valence-electron chi connectivity index (χ3n) is 4.16. The Balaban J connectivity index is 2.20. The molecule has 0 N–H and O–H groups in total. The number of hydrogen-bond acceptors (Lipinski definition) is 3. The van der Waals surface area contributed by atoms with E-state index in [9.17, 15) is 9.59 Å². The van der Waals surface area contributed by atoms with E-state index in [-0.39, 0.29) is 11.8 Å². The van der Waals surface area contributed by atoms with Crippen molar-refractivity contribution < 1.29 is 9.59 Å². The lowest BCUT2D eigenvalue weighted by Crippen LogP contribution is -2.32. The first-order valence-corrected chi connectivity index (χ1v) is 8.69. The van der Waals surface area contributed by atoms with Crippen molar-refractivity contribution in [3.8, 4) is 0 Å². The summed E-state index contributed by atoms with van der Waals surface area (Å²) < 4.78 is 0.